The number of halogens is 1. The number of nitrogens with one attached hydrogen (secondary N) is 1. The minimum absolute atomic E-state index is 0.246. The van der Waals surface area contributed by atoms with E-state index in [4.69, 9.17) is 5.11 Å². The first-order chi connectivity index (χ1) is 8.90. The Kier molecular flexibility index (Phi) is 5.98. The van der Waals surface area contributed by atoms with Gasteiger partial charge in [0.15, 0.2) is 0 Å². The smallest absolute Gasteiger partial charge is 0.327 e. The number of carboxylic acid groups (broad SMARTS) is 1. The predicted molar refractivity (Wildman–Crippen MR) is 75.7 cm³/mol. The van der Waals surface area contributed by atoms with Gasteiger partial charge >= 0.3 is 5.97 Å². The van der Waals surface area contributed by atoms with Crippen LogP contribution in [0.3, 0.4) is 0 Å². The molecule has 0 aliphatic heterocycles. The van der Waals surface area contributed by atoms with Gasteiger partial charge in [-0.3, -0.25) is 9.69 Å². The van der Waals surface area contributed by atoms with Crippen LogP contribution >= 0.6 is 15.9 Å². The number of carboxylic acids is 1. The molecule has 0 aliphatic carbocycles. The van der Waals surface area contributed by atoms with Gasteiger partial charge in [0.25, 0.3) is 0 Å². The van der Waals surface area contributed by atoms with E-state index in [1.54, 1.807) is 0 Å². The zero-order chi connectivity index (χ0) is 14.4. The average molecular weight is 329 g/mol. The second-order valence-electron chi connectivity index (χ2n) is 4.38. The molecule has 1 rings (SSSR count). The van der Waals surface area contributed by atoms with Crippen molar-refractivity contribution in [2.24, 2.45) is 0 Å². The maximum absolute atomic E-state index is 11.0. The summed E-state index contributed by atoms with van der Waals surface area (Å²) in [7, 11) is 1.82. The Morgan fingerprint density at radius 3 is 2.58 bits per heavy atom. The van der Waals surface area contributed by atoms with Gasteiger partial charge < -0.3 is 10.4 Å². The molecule has 19 heavy (non-hydrogen) atoms. The molecule has 0 heterocycles. The second kappa shape index (κ2) is 7.25. The van der Waals surface area contributed by atoms with E-state index in [-0.39, 0.29) is 12.5 Å². The highest BCUT2D eigenvalue weighted by atomic mass is 79.9. The van der Waals surface area contributed by atoms with E-state index in [0.717, 1.165) is 10.0 Å². The highest BCUT2D eigenvalue weighted by molar-refractivity contribution is 9.10. The molecule has 0 aliphatic rings. The van der Waals surface area contributed by atoms with Crippen LogP contribution in [-0.4, -0.2) is 41.5 Å². The van der Waals surface area contributed by atoms with E-state index in [2.05, 4.69) is 21.2 Å². The molecule has 0 spiro atoms. The van der Waals surface area contributed by atoms with Gasteiger partial charge in [-0.1, -0.05) is 34.1 Å². The lowest BCUT2D eigenvalue weighted by Crippen LogP contribution is -2.46. The van der Waals surface area contributed by atoms with Gasteiger partial charge in [0.05, 0.1) is 0 Å². The van der Waals surface area contributed by atoms with E-state index in [0.29, 0.717) is 6.54 Å². The number of nitrogens with zero attached hydrogens (tertiary/aromatic N) is 1. The van der Waals surface area contributed by atoms with Gasteiger partial charge in [-0.25, -0.2) is 4.79 Å². The molecule has 1 unspecified atom stereocenters. The van der Waals surface area contributed by atoms with Crippen LogP contribution in [0, 0.1) is 0 Å². The SMILES string of the molecule is CC(=O)NC(CN(C)Cc1ccccc1Br)C(=O)O. The highest BCUT2D eigenvalue weighted by Gasteiger charge is 2.20. The third-order valence-electron chi connectivity index (χ3n) is 2.57. The summed E-state index contributed by atoms with van der Waals surface area (Å²) in [5, 5.41) is 11.5. The minimum Gasteiger partial charge on any atom is -0.480 e. The van der Waals surface area contributed by atoms with Crippen LogP contribution in [0.25, 0.3) is 0 Å². The third kappa shape index (κ3) is 5.40. The van der Waals surface area contributed by atoms with Crippen LogP contribution in [-0.2, 0) is 16.1 Å². The van der Waals surface area contributed by atoms with Gasteiger partial charge in [0, 0.05) is 24.5 Å². The van der Waals surface area contributed by atoms with E-state index < -0.39 is 12.0 Å². The van der Waals surface area contributed by atoms with Gasteiger partial charge in [-0.15, -0.1) is 0 Å². The molecule has 1 atom stereocenters. The number of hydrogen-bond donors (Lipinski definition) is 2. The summed E-state index contributed by atoms with van der Waals surface area (Å²) in [6.45, 7) is 2.16. The Morgan fingerprint density at radius 2 is 2.05 bits per heavy atom. The Balaban J connectivity index is 2.62. The number of amides is 1. The van der Waals surface area contributed by atoms with Crippen molar-refractivity contribution in [1.29, 1.82) is 0 Å². The number of carbonyl (C=O) groups is 2. The lowest BCUT2D eigenvalue weighted by atomic mass is 10.2. The minimum atomic E-state index is -1.03. The first-order valence-corrected chi connectivity index (χ1v) is 6.61. The van der Waals surface area contributed by atoms with Crippen molar-refractivity contribution in [3.63, 3.8) is 0 Å². The predicted octanol–water partition coefficient (Wildman–Crippen LogP) is 1.47. The molecule has 104 valence electrons. The third-order valence-corrected chi connectivity index (χ3v) is 3.34. The lowest BCUT2D eigenvalue weighted by Gasteiger charge is -2.22. The molecule has 6 heteroatoms. The van der Waals surface area contributed by atoms with Crippen molar-refractivity contribution >= 4 is 27.8 Å². The van der Waals surface area contributed by atoms with E-state index in [1.807, 2.05) is 36.2 Å². The fourth-order valence-electron chi connectivity index (χ4n) is 1.72. The summed E-state index contributed by atoms with van der Waals surface area (Å²) >= 11 is 3.45. The number of benzene rings is 1. The van der Waals surface area contributed by atoms with Crippen LogP contribution in [0.1, 0.15) is 12.5 Å². The molecule has 1 aromatic rings. The summed E-state index contributed by atoms with van der Waals surface area (Å²) in [6.07, 6.45) is 0. The summed E-state index contributed by atoms with van der Waals surface area (Å²) in [5.41, 5.74) is 1.07. The fourth-order valence-corrected chi connectivity index (χ4v) is 2.13. The largest absolute Gasteiger partial charge is 0.480 e. The van der Waals surface area contributed by atoms with Crippen LogP contribution < -0.4 is 5.32 Å². The maximum atomic E-state index is 11.0. The molecule has 0 radical (unpaired) electrons. The Hall–Kier alpha value is -1.40. The lowest BCUT2D eigenvalue weighted by molar-refractivity contribution is -0.142. The number of hydrogen-bond acceptors (Lipinski definition) is 3. The zero-order valence-corrected chi connectivity index (χ0v) is 12.5. The molecule has 2 N–H and O–H groups in total. The Bertz CT molecular complexity index is 465. The fraction of sp³-hybridized carbons (Fsp3) is 0.385. The number of aliphatic carboxylic acids is 1. The molecule has 0 fully saturated rings. The highest BCUT2D eigenvalue weighted by Crippen LogP contribution is 2.17. The van der Waals surface area contributed by atoms with Crippen molar-refractivity contribution in [2.45, 2.75) is 19.5 Å². The molecule has 1 amide bonds. The second-order valence-corrected chi connectivity index (χ2v) is 5.23. The van der Waals surface area contributed by atoms with Gasteiger partial charge in [-0.2, -0.15) is 0 Å². The summed E-state index contributed by atoms with van der Waals surface area (Å²) < 4.78 is 0.980. The number of rotatable bonds is 6. The molecule has 0 aromatic heterocycles. The normalized spacial score (nSPS) is 12.2. The molecule has 0 bridgehead atoms. The standard InChI is InChI=1S/C13H17BrN2O3/c1-9(17)15-12(13(18)19)8-16(2)7-10-5-3-4-6-11(10)14/h3-6,12H,7-8H2,1-2H3,(H,15,17)(H,18,19). The average Bonchev–Trinajstić information content (AvgIpc) is 2.30. The van der Waals surface area contributed by atoms with Crippen molar-refractivity contribution in [3.8, 4) is 0 Å². The van der Waals surface area contributed by atoms with Crippen LogP contribution in [0.2, 0.25) is 0 Å². The monoisotopic (exact) mass is 328 g/mol. The van der Waals surface area contributed by atoms with Crippen molar-refractivity contribution < 1.29 is 14.7 Å². The molecular weight excluding hydrogens is 312 g/mol. The summed E-state index contributed by atoms with van der Waals surface area (Å²) in [6, 6.07) is 6.85. The topological polar surface area (TPSA) is 69.6 Å². The van der Waals surface area contributed by atoms with E-state index >= 15 is 0 Å². The van der Waals surface area contributed by atoms with Crippen molar-refractivity contribution in [2.75, 3.05) is 13.6 Å². The molecule has 0 saturated heterocycles. The first kappa shape index (κ1) is 15.7. The summed E-state index contributed by atoms with van der Waals surface area (Å²) in [5.74, 6) is -1.38. The number of likely N-dealkylation sites (N-methyl/N-ethyl adjacent to an activating group) is 1. The molecule has 5 nitrogen and oxygen atoms in total. The van der Waals surface area contributed by atoms with Gasteiger partial charge in [0.1, 0.15) is 6.04 Å². The first-order valence-electron chi connectivity index (χ1n) is 5.82. The zero-order valence-electron chi connectivity index (χ0n) is 10.9. The van der Waals surface area contributed by atoms with Crippen LogP contribution in [0.5, 0.6) is 0 Å². The van der Waals surface area contributed by atoms with Crippen LogP contribution in [0.4, 0.5) is 0 Å². The van der Waals surface area contributed by atoms with E-state index in [9.17, 15) is 9.59 Å². The van der Waals surface area contributed by atoms with Gasteiger partial charge in [0.2, 0.25) is 5.91 Å². The Morgan fingerprint density at radius 1 is 1.42 bits per heavy atom. The summed E-state index contributed by atoms with van der Waals surface area (Å²) in [4.78, 5) is 23.8. The van der Waals surface area contributed by atoms with Gasteiger partial charge in [-0.05, 0) is 18.7 Å². The van der Waals surface area contributed by atoms with Crippen molar-refractivity contribution in [1.82, 2.24) is 10.2 Å². The quantitative estimate of drug-likeness (QED) is 0.829. The molecule has 1 aromatic carbocycles. The maximum Gasteiger partial charge on any atom is 0.327 e. The van der Waals surface area contributed by atoms with E-state index in [1.165, 1.54) is 6.92 Å². The Labute approximate surface area is 120 Å². The van der Waals surface area contributed by atoms with Crippen LogP contribution in [0.15, 0.2) is 28.7 Å². The number of carbonyl (C=O) groups excluding carboxylic acids is 1. The molecular formula is C13H17BrN2O3. The molecule has 0 saturated carbocycles. The van der Waals surface area contributed by atoms with Crippen molar-refractivity contribution in [3.05, 3.63) is 34.3 Å².